The van der Waals surface area contributed by atoms with E-state index in [4.69, 9.17) is 19.3 Å². The largest absolute Gasteiger partial charge is 0.494 e. The van der Waals surface area contributed by atoms with Crippen molar-refractivity contribution in [1.29, 1.82) is 0 Å². The zero-order valence-corrected chi connectivity index (χ0v) is 64.1. The van der Waals surface area contributed by atoms with Crippen molar-refractivity contribution in [2.75, 3.05) is 60.7 Å². The molecule has 4 aromatic carbocycles. The summed E-state index contributed by atoms with van der Waals surface area (Å²) >= 11 is 3.44. The van der Waals surface area contributed by atoms with Crippen LogP contribution in [0.15, 0.2) is 102 Å². The molecule has 20 nitrogen and oxygen atoms in total. The van der Waals surface area contributed by atoms with Gasteiger partial charge in [0.15, 0.2) is 11.6 Å². The first kappa shape index (κ1) is 72.3. The van der Waals surface area contributed by atoms with E-state index in [1.165, 1.54) is 64.7 Å². The highest BCUT2D eigenvalue weighted by Crippen LogP contribution is 2.50. The van der Waals surface area contributed by atoms with Gasteiger partial charge >= 0.3 is 7.12 Å². The summed E-state index contributed by atoms with van der Waals surface area (Å²) in [7, 11) is 2.86. The molecule has 3 saturated heterocycles. The van der Waals surface area contributed by atoms with Crippen LogP contribution in [-0.2, 0) is 29.7 Å². The maximum absolute atomic E-state index is 13.9. The molecule has 2 aliphatic carbocycles. The van der Waals surface area contributed by atoms with E-state index in [-0.39, 0.29) is 53.0 Å². The third-order valence-corrected chi connectivity index (χ3v) is 23.5. The predicted molar refractivity (Wildman–Crippen MR) is 412 cm³/mol. The minimum Gasteiger partial charge on any atom is -0.399 e. The van der Waals surface area contributed by atoms with Gasteiger partial charge in [0.05, 0.1) is 51.4 Å². The molecule has 5 fully saturated rings. The number of aryl methyl sites for hydroxylation is 2. The summed E-state index contributed by atoms with van der Waals surface area (Å²) in [5.41, 5.74) is 13.3. The fraction of sp³-hybridized carbons (Fsp3) is 0.500. The number of imidazole rings is 2. The number of aromatic nitrogens is 6. The Hall–Kier alpha value is -8.02. The van der Waals surface area contributed by atoms with Gasteiger partial charge in [0, 0.05) is 89.8 Å². The Morgan fingerprint density at radius 3 is 1.42 bits per heavy atom. The summed E-state index contributed by atoms with van der Waals surface area (Å²) in [4.78, 5) is 80.5. The first-order valence-electron chi connectivity index (χ1n) is 36.9. The maximum Gasteiger partial charge on any atom is 0.494 e. The van der Waals surface area contributed by atoms with Gasteiger partial charge in [-0.25, -0.2) is 19.9 Å². The fourth-order valence-electron chi connectivity index (χ4n) is 15.9. The van der Waals surface area contributed by atoms with Gasteiger partial charge in [-0.15, -0.1) is 0 Å². The number of nitrogens with zero attached hydrogens (tertiary/aromatic N) is 10. The number of benzene rings is 4. The molecule has 4 N–H and O–H groups in total. The van der Waals surface area contributed by atoms with Crippen LogP contribution in [0.3, 0.4) is 0 Å². The maximum atomic E-state index is 13.9. The highest BCUT2D eigenvalue weighted by Gasteiger charge is 2.55. The number of likely N-dealkylation sites (tertiary alicyclic amines) is 2. The molecule has 9 heterocycles. The number of amides is 4. The molecule has 2 saturated carbocycles. The second kappa shape index (κ2) is 28.2. The highest BCUT2D eigenvalue weighted by atomic mass is 79.9. The third-order valence-electron chi connectivity index (χ3n) is 23.1. The van der Waals surface area contributed by atoms with Crippen molar-refractivity contribution >= 4 is 109 Å². The molecule has 0 unspecified atom stereocenters. The number of piperidine rings is 2. The summed E-state index contributed by atoms with van der Waals surface area (Å²) in [5, 5.41) is 12.3. The molecule has 5 aliphatic heterocycles. The van der Waals surface area contributed by atoms with Crippen LogP contribution in [0.25, 0.3) is 33.3 Å². The number of nitrogens with one attached hydrogen (secondary N) is 4. The average molecular weight is 1450 g/mol. The van der Waals surface area contributed by atoms with E-state index in [1.54, 1.807) is 14.1 Å². The van der Waals surface area contributed by atoms with E-state index in [0.29, 0.717) is 45.5 Å². The Bertz CT molecular complexity index is 4520. The van der Waals surface area contributed by atoms with Gasteiger partial charge in [0.2, 0.25) is 11.8 Å². The molecule has 4 aromatic heterocycles. The van der Waals surface area contributed by atoms with Gasteiger partial charge in [-0.3, -0.25) is 19.2 Å². The van der Waals surface area contributed by atoms with Crippen LogP contribution >= 0.6 is 15.9 Å². The van der Waals surface area contributed by atoms with Gasteiger partial charge in [-0.05, 0) is 267 Å². The monoisotopic (exact) mass is 1440 g/mol. The molecule has 8 aromatic rings. The molecule has 7 aliphatic rings. The quantitative estimate of drug-likeness (QED) is 0.0590. The number of anilines is 6. The normalized spacial score (nSPS) is 21.8. The topological polar surface area (TPSA) is 209 Å². The Labute approximate surface area is 610 Å². The number of carbonyl (C=O) groups is 4. The standard InChI is InChI=1S/C37H45N7O2.C25H37BN2O3.C18H20BrN5O/c1-22(2)43-21-39-31-20-30(41-34(33(31)43)40-25-12-10-23(3)28(17-25)35(45)38-6)24-11-13-29-32(16-24)44(36(46)37(29,4)5)27-18-26(19-27)42-14-8-7-9-15-42;1-23(2)20-11-10-17(26-30-24(3,4)25(5,6)31-26)14-21(20)28(22(23)29)19-15-18(16-19)27-12-8-7-9-13-27;1-10(2)24-9-21-14-8-15(19)23-17(16(14)24)22-12-6-5-11(3)13(7-12)18(25)20-4/h10-13,16-17,20-22,26-27H,7-9,14-15,18-19H2,1-6H3,(H,38,45)(H,40,41);10-11,14,18-19H,7-9,12-13,15-16H2,1-6H3;5-10H,1-4H3,(H,20,25)(H,22,23). The Morgan fingerprint density at radius 2 is 0.971 bits per heavy atom. The van der Waals surface area contributed by atoms with Crippen molar-refractivity contribution in [2.45, 2.75) is 219 Å². The van der Waals surface area contributed by atoms with Crippen molar-refractivity contribution in [3.05, 3.63) is 136 Å². The molecule has 102 heavy (non-hydrogen) atoms. The van der Waals surface area contributed by atoms with Crippen molar-refractivity contribution in [1.82, 2.24) is 49.5 Å². The number of halogens is 1. The number of hydrogen-bond donors (Lipinski definition) is 4. The van der Waals surface area contributed by atoms with Crippen LogP contribution in [0, 0.1) is 13.8 Å². The second-order valence-corrected chi connectivity index (χ2v) is 32.6. The van der Waals surface area contributed by atoms with E-state index in [1.807, 2.05) is 88.9 Å². The second-order valence-electron chi connectivity index (χ2n) is 31.8. The lowest BCUT2D eigenvalue weighted by atomic mass is 9.76. The van der Waals surface area contributed by atoms with Crippen LogP contribution < -0.4 is 36.5 Å². The molecular weight excluding hydrogens is 1340 g/mol. The van der Waals surface area contributed by atoms with Crippen LogP contribution in [-0.4, -0.2) is 145 Å². The number of rotatable bonds is 14. The molecule has 0 bridgehead atoms. The summed E-state index contributed by atoms with van der Waals surface area (Å²) in [6, 6.07) is 30.3. The molecular formula is C80H102BBrN14O6. The minimum absolute atomic E-state index is 0.110. The average Bonchev–Trinajstić information content (AvgIpc) is 1.57. The fourth-order valence-corrected chi connectivity index (χ4v) is 16.3. The Morgan fingerprint density at radius 1 is 0.539 bits per heavy atom. The van der Waals surface area contributed by atoms with Crippen LogP contribution in [0.5, 0.6) is 0 Å². The molecule has 4 amide bonds. The predicted octanol–water partition coefficient (Wildman–Crippen LogP) is 14.5. The summed E-state index contributed by atoms with van der Waals surface area (Å²) in [6.45, 7) is 33.6. The van der Waals surface area contributed by atoms with Gasteiger partial charge in [-0.1, -0.05) is 49.2 Å². The number of hydrogen-bond acceptors (Lipinski definition) is 14. The smallest absolute Gasteiger partial charge is 0.399 e. The minimum atomic E-state index is -0.571. The SMILES string of the molecule is CC1(C)C(=O)N(C2CC(N3CCCCC3)C2)c2cc(B3OC(C)(C)C(C)(C)O3)ccc21.CNC(=O)c1cc(Nc2nc(-c3ccc4c(c3)N(C3CC(N5CCCCC5)C3)C(=O)C4(C)C)cc3ncn(C(C)C)c23)ccc1C.CNC(=O)c1cc(Nc2nc(Br)cc3ncn(C(C)C)c23)ccc1C. The zero-order chi connectivity index (χ0) is 72.6. The van der Waals surface area contributed by atoms with Crippen LogP contribution in [0.2, 0.25) is 0 Å². The van der Waals surface area contributed by atoms with Gasteiger partial charge in [0.25, 0.3) is 11.8 Å². The van der Waals surface area contributed by atoms with E-state index in [9.17, 15) is 19.2 Å². The Balaban J connectivity index is 0.000000144. The van der Waals surface area contributed by atoms with E-state index in [0.717, 1.165) is 109 Å². The Kier molecular flexibility index (Phi) is 20.0. The molecule has 0 atom stereocenters. The molecule has 15 rings (SSSR count). The van der Waals surface area contributed by atoms with Gasteiger partial charge < -0.3 is 59.3 Å². The lowest BCUT2D eigenvalue weighted by Gasteiger charge is -2.48. The third kappa shape index (κ3) is 13.6. The van der Waals surface area contributed by atoms with E-state index >= 15 is 0 Å². The highest BCUT2D eigenvalue weighted by molar-refractivity contribution is 9.10. The first-order chi connectivity index (χ1) is 48.5. The zero-order valence-electron chi connectivity index (χ0n) is 62.5. The van der Waals surface area contributed by atoms with Crippen molar-refractivity contribution in [3.8, 4) is 11.3 Å². The van der Waals surface area contributed by atoms with Crippen LogP contribution in [0.4, 0.5) is 34.4 Å². The lowest BCUT2D eigenvalue weighted by molar-refractivity contribution is -0.124. The van der Waals surface area contributed by atoms with E-state index in [2.05, 4.69) is 182 Å². The number of fused-ring (bicyclic) bond motifs is 4. The van der Waals surface area contributed by atoms with Gasteiger partial charge in [-0.2, -0.15) is 0 Å². The molecule has 0 radical (unpaired) electrons. The first-order valence-corrected chi connectivity index (χ1v) is 37.7. The van der Waals surface area contributed by atoms with Crippen molar-refractivity contribution in [2.24, 2.45) is 0 Å². The molecule has 0 spiro atoms. The molecule has 22 heteroatoms. The summed E-state index contributed by atoms with van der Waals surface area (Å²) in [6.07, 6.45) is 15.8. The summed E-state index contributed by atoms with van der Waals surface area (Å²) in [5.74, 6) is 1.55. The summed E-state index contributed by atoms with van der Waals surface area (Å²) < 4.78 is 17.5. The van der Waals surface area contributed by atoms with Crippen molar-refractivity contribution < 1.29 is 28.5 Å². The van der Waals surface area contributed by atoms with Crippen LogP contribution in [0.1, 0.15) is 202 Å². The lowest BCUT2D eigenvalue weighted by Crippen LogP contribution is -2.57. The van der Waals surface area contributed by atoms with E-state index < -0.39 is 17.9 Å². The molecule has 538 valence electrons. The van der Waals surface area contributed by atoms with Gasteiger partial charge in [0.1, 0.15) is 15.6 Å². The number of carbonyl (C=O) groups excluding carboxylic acids is 4. The van der Waals surface area contributed by atoms with Crippen molar-refractivity contribution in [3.63, 3.8) is 0 Å². The number of pyridine rings is 2.